The van der Waals surface area contributed by atoms with Crippen LogP contribution < -0.4 is 15.5 Å². The third-order valence-electron chi connectivity index (χ3n) is 2.58. The number of hydrogen-bond acceptors (Lipinski definition) is 7. The van der Waals surface area contributed by atoms with Crippen molar-refractivity contribution in [1.29, 1.82) is 0 Å². The van der Waals surface area contributed by atoms with Gasteiger partial charge in [0.2, 0.25) is 11.8 Å². The zero-order chi connectivity index (χ0) is 14.8. The molecule has 114 valence electrons. The Labute approximate surface area is 118 Å². The summed E-state index contributed by atoms with van der Waals surface area (Å²) in [7, 11) is 1.65. The molecular formula is C12H23N5O3. The molecule has 1 aromatic rings. The van der Waals surface area contributed by atoms with Crippen LogP contribution in [0, 0.1) is 0 Å². The molecule has 1 amide bonds. The molecule has 0 radical (unpaired) electrons. The van der Waals surface area contributed by atoms with Crippen LogP contribution in [0.25, 0.3) is 0 Å². The van der Waals surface area contributed by atoms with Crippen molar-refractivity contribution in [3.63, 3.8) is 0 Å². The first kappa shape index (κ1) is 16.4. The van der Waals surface area contributed by atoms with Gasteiger partial charge in [0.1, 0.15) is 6.54 Å². The summed E-state index contributed by atoms with van der Waals surface area (Å²) in [6.07, 6.45) is 0. The first-order chi connectivity index (χ1) is 9.71. The predicted molar refractivity (Wildman–Crippen MR) is 74.5 cm³/mol. The van der Waals surface area contributed by atoms with Crippen molar-refractivity contribution in [2.24, 2.45) is 0 Å². The summed E-state index contributed by atoms with van der Waals surface area (Å²) < 4.78 is 10.4. The van der Waals surface area contributed by atoms with Crippen molar-refractivity contribution in [3.05, 3.63) is 5.89 Å². The fourth-order valence-corrected chi connectivity index (χ4v) is 1.55. The fraction of sp³-hybridized carbons (Fsp3) is 0.750. The molecule has 0 saturated heterocycles. The summed E-state index contributed by atoms with van der Waals surface area (Å²) in [5.41, 5.74) is 0. The van der Waals surface area contributed by atoms with Crippen LogP contribution >= 0.6 is 0 Å². The molecule has 0 unspecified atom stereocenters. The molecule has 0 fully saturated rings. The molecule has 1 aromatic heterocycles. The molecular weight excluding hydrogens is 262 g/mol. The van der Waals surface area contributed by atoms with Crippen LogP contribution in [0.3, 0.4) is 0 Å². The van der Waals surface area contributed by atoms with E-state index >= 15 is 0 Å². The number of anilines is 1. The Morgan fingerprint density at radius 2 is 2.20 bits per heavy atom. The maximum absolute atomic E-state index is 11.6. The van der Waals surface area contributed by atoms with Gasteiger partial charge in [-0.2, -0.15) is 0 Å². The van der Waals surface area contributed by atoms with Gasteiger partial charge in [-0.05, 0) is 13.8 Å². The standard InChI is InChI=1S/C12H23N5O3/c1-4-14-10(18)9-17(5-2)12-16-15-11(20-12)8-13-6-7-19-3/h13H,4-9H2,1-3H3,(H,14,18). The lowest BCUT2D eigenvalue weighted by Gasteiger charge is -2.16. The number of carbonyl (C=O) groups is 1. The first-order valence-corrected chi connectivity index (χ1v) is 6.74. The second-order valence-corrected chi connectivity index (χ2v) is 4.12. The third kappa shape index (κ3) is 5.54. The minimum Gasteiger partial charge on any atom is -0.407 e. The lowest BCUT2D eigenvalue weighted by atomic mass is 10.5. The molecule has 0 spiro atoms. The van der Waals surface area contributed by atoms with E-state index in [0.717, 1.165) is 0 Å². The SMILES string of the molecule is CCNC(=O)CN(CC)c1nnc(CNCCOC)o1. The van der Waals surface area contributed by atoms with Crippen molar-refractivity contribution >= 4 is 11.9 Å². The van der Waals surface area contributed by atoms with Crippen LogP contribution in [0.1, 0.15) is 19.7 Å². The van der Waals surface area contributed by atoms with E-state index in [-0.39, 0.29) is 12.5 Å². The van der Waals surface area contributed by atoms with E-state index in [1.807, 2.05) is 13.8 Å². The molecule has 0 aliphatic rings. The normalized spacial score (nSPS) is 10.6. The smallest absolute Gasteiger partial charge is 0.318 e. The highest BCUT2D eigenvalue weighted by Crippen LogP contribution is 2.11. The Hall–Kier alpha value is -1.67. The van der Waals surface area contributed by atoms with Crippen molar-refractivity contribution in [3.8, 4) is 0 Å². The molecule has 8 heteroatoms. The van der Waals surface area contributed by atoms with E-state index in [4.69, 9.17) is 9.15 Å². The van der Waals surface area contributed by atoms with E-state index in [1.54, 1.807) is 12.0 Å². The van der Waals surface area contributed by atoms with E-state index in [0.29, 0.717) is 44.7 Å². The van der Waals surface area contributed by atoms with Gasteiger partial charge >= 0.3 is 6.01 Å². The molecule has 0 atom stereocenters. The van der Waals surface area contributed by atoms with Gasteiger partial charge in [-0.3, -0.25) is 4.79 Å². The van der Waals surface area contributed by atoms with Crippen LogP contribution in [0.2, 0.25) is 0 Å². The number of methoxy groups -OCH3 is 1. The zero-order valence-corrected chi connectivity index (χ0v) is 12.3. The Morgan fingerprint density at radius 1 is 1.40 bits per heavy atom. The Kier molecular flexibility index (Phi) is 7.59. The van der Waals surface area contributed by atoms with Crippen molar-refractivity contribution in [2.45, 2.75) is 20.4 Å². The topological polar surface area (TPSA) is 92.5 Å². The second kappa shape index (κ2) is 9.27. The average Bonchev–Trinajstić information content (AvgIpc) is 2.90. The molecule has 0 aliphatic carbocycles. The highest BCUT2D eigenvalue weighted by Gasteiger charge is 2.15. The number of nitrogens with one attached hydrogen (secondary N) is 2. The lowest BCUT2D eigenvalue weighted by molar-refractivity contribution is -0.119. The Bertz CT molecular complexity index is 396. The minimum absolute atomic E-state index is 0.0627. The van der Waals surface area contributed by atoms with Crippen LogP contribution in [-0.4, -0.2) is 56.0 Å². The average molecular weight is 285 g/mol. The number of rotatable bonds is 10. The van der Waals surface area contributed by atoms with Gasteiger partial charge in [0.05, 0.1) is 13.2 Å². The highest BCUT2D eigenvalue weighted by molar-refractivity contribution is 5.80. The van der Waals surface area contributed by atoms with Crippen molar-refractivity contribution in [1.82, 2.24) is 20.8 Å². The number of ether oxygens (including phenoxy) is 1. The summed E-state index contributed by atoms with van der Waals surface area (Å²) in [6, 6.07) is 0.363. The number of carbonyl (C=O) groups excluding carboxylic acids is 1. The third-order valence-corrected chi connectivity index (χ3v) is 2.58. The van der Waals surface area contributed by atoms with Crippen molar-refractivity contribution in [2.75, 3.05) is 44.8 Å². The van der Waals surface area contributed by atoms with Crippen LogP contribution in [0.4, 0.5) is 6.01 Å². The number of hydrogen-bond donors (Lipinski definition) is 2. The van der Waals surface area contributed by atoms with Gasteiger partial charge in [-0.25, -0.2) is 0 Å². The van der Waals surface area contributed by atoms with Gasteiger partial charge in [-0.1, -0.05) is 5.10 Å². The second-order valence-electron chi connectivity index (χ2n) is 4.12. The molecule has 1 heterocycles. The largest absolute Gasteiger partial charge is 0.407 e. The van der Waals surface area contributed by atoms with Crippen LogP contribution in [0.5, 0.6) is 0 Å². The molecule has 0 aliphatic heterocycles. The summed E-state index contributed by atoms with van der Waals surface area (Å²) >= 11 is 0. The quantitative estimate of drug-likeness (QED) is 0.573. The van der Waals surface area contributed by atoms with E-state index in [2.05, 4.69) is 20.8 Å². The molecule has 0 bridgehead atoms. The number of aromatic nitrogens is 2. The lowest BCUT2D eigenvalue weighted by Crippen LogP contribution is -2.37. The fourth-order valence-electron chi connectivity index (χ4n) is 1.55. The maximum Gasteiger partial charge on any atom is 0.318 e. The maximum atomic E-state index is 11.6. The predicted octanol–water partition coefficient (Wildman–Crippen LogP) is -0.232. The minimum atomic E-state index is -0.0627. The van der Waals surface area contributed by atoms with E-state index in [9.17, 15) is 4.79 Å². The summed E-state index contributed by atoms with van der Waals surface area (Å²) in [4.78, 5) is 13.3. The Balaban J connectivity index is 2.48. The number of amides is 1. The molecule has 0 saturated carbocycles. The van der Waals surface area contributed by atoms with Gasteiger partial charge < -0.3 is 24.7 Å². The summed E-state index contributed by atoms with van der Waals surface area (Å²) in [5, 5.41) is 13.8. The van der Waals surface area contributed by atoms with Gasteiger partial charge in [0, 0.05) is 26.7 Å². The van der Waals surface area contributed by atoms with E-state index in [1.165, 1.54) is 0 Å². The van der Waals surface area contributed by atoms with Crippen LogP contribution in [-0.2, 0) is 16.1 Å². The van der Waals surface area contributed by atoms with Crippen LogP contribution in [0.15, 0.2) is 4.42 Å². The molecule has 1 rings (SSSR count). The number of likely N-dealkylation sites (N-methyl/N-ethyl adjacent to an activating group) is 2. The monoisotopic (exact) mass is 285 g/mol. The Morgan fingerprint density at radius 3 is 2.85 bits per heavy atom. The van der Waals surface area contributed by atoms with Crippen molar-refractivity contribution < 1.29 is 13.9 Å². The van der Waals surface area contributed by atoms with Gasteiger partial charge in [0.25, 0.3) is 0 Å². The van der Waals surface area contributed by atoms with Gasteiger partial charge in [-0.15, -0.1) is 5.10 Å². The molecule has 0 aromatic carbocycles. The summed E-state index contributed by atoms with van der Waals surface area (Å²) in [6.45, 7) is 7.07. The molecule has 20 heavy (non-hydrogen) atoms. The highest BCUT2D eigenvalue weighted by atomic mass is 16.5. The molecule has 2 N–H and O–H groups in total. The van der Waals surface area contributed by atoms with Gasteiger partial charge in [0.15, 0.2) is 0 Å². The summed E-state index contributed by atoms with van der Waals surface area (Å²) in [5.74, 6) is 0.428. The zero-order valence-electron chi connectivity index (χ0n) is 12.3. The first-order valence-electron chi connectivity index (χ1n) is 6.74. The van der Waals surface area contributed by atoms with E-state index < -0.39 is 0 Å². The molecule has 8 nitrogen and oxygen atoms in total. The number of nitrogens with zero attached hydrogens (tertiary/aromatic N) is 3.